The lowest BCUT2D eigenvalue weighted by Crippen LogP contribution is -2.53. The van der Waals surface area contributed by atoms with Gasteiger partial charge >= 0.3 is 0 Å². The Bertz CT molecular complexity index is 307. The van der Waals surface area contributed by atoms with E-state index in [9.17, 15) is 25.2 Å². The van der Waals surface area contributed by atoms with Gasteiger partial charge in [-0.05, 0) is 12.8 Å². The number of aliphatic hydroxyl groups excluding tert-OH is 5. The molecule has 0 unspecified atom stereocenters. The summed E-state index contributed by atoms with van der Waals surface area (Å²) in [5.74, 6) is -0.686. The van der Waals surface area contributed by atoms with E-state index >= 15 is 0 Å². The Labute approximate surface area is 118 Å². The minimum absolute atomic E-state index is 0.0259. The van der Waals surface area contributed by atoms with E-state index in [1.54, 1.807) is 7.05 Å². The van der Waals surface area contributed by atoms with Crippen LogP contribution in [0.1, 0.15) is 32.1 Å². The first-order chi connectivity index (χ1) is 9.40. The number of carbonyl (C=O) groups is 1. The van der Waals surface area contributed by atoms with Gasteiger partial charge in [0.15, 0.2) is 6.10 Å². The molecule has 0 aliphatic heterocycles. The molecule has 1 saturated carbocycles. The highest BCUT2D eigenvalue weighted by molar-refractivity contribution is 5.81. The van der Waals surface area contributed by atoms with Crippen molar-refractivity contribution in [2.24, 2.45) is 0 Å². The predicted molar refractivity (Wildman–Crippen MR) is 70.8 cm³/mol. The summed E-state index contributed by atoms with van der Waals surface area (Å²) >= 11 is 0. The lowest BCUT2D eigenvalue weighted by molar-refractivity contribution is -0.159. The van der Waals surface area contributed by atoms with Gasteiger partial charge < -0.3 is 30.4 Å². The molecule has 1 amide bonds. The molecule has 0 heterocycles. The van der Waals surface area contributed by atoms with E-state index in [0.717, 1.165) is 32.1 Å². The second kappa shape index (κ2) is 7.90. The van der Waals surface area contributed by atoms with Crippen molar-refractivity contribution in [2.45, 2.75) is 62.6 Å². The van der Waals surface area contributed by atoms with Crippen molar-refractivity contribution in [3.63, 3.8) is 0 Å². The van der Waals surface area contributed by atoms with Crippen LogP contribution >= 0.6 is 0 Å². The smallest absolute Gasteiger partial charge is 0.254 e. The summed E-state index contributed by atoms with van der Waals surface area (Å²) in [5.41, 5.74) is 0. The average Bonchev–Trinajstić information content (AvgIpc) is 2.51. The normalized spacial score (nSPS) is 22.9. The van der Waals surface area contributed by atoms with E-state index in [2.05, 4.69) is 0 Å². The van der Waals surface area contributed by atoms with E-state index in [1.807, 2.05) is 0 Å². The molecule has 0 radical (unpaired) electrons. The lowest BCUT2D eigenvalue weighted by Gasteiger charge is -2.34. The number of aliphatic hydroxyl groups is 5. The van der Waals surface area contributed by atoms with Crippen molar-refractivity contribution in [3.8, 4) is 0 Å². The maximum absolute atomic E-state index is 12.1. The SMILES string of the molecule is CN(C(=O)[C@H](O)[C@@H](O)[C@H](O)[C@H](O)CO)C1CCCCC1. The molecule has 1 fully saturated rings. The highest BCUT2D eigenvalue weighted by Crippen LogP contribution is 2.22. The van der Waals surface area contributed by atoms with Gasteiger partial charge in [-0.3, -0.25) is 4.79 Å². The minimum Gasteiger partial charge on any atom is -0.394 e. The fraction of sp³-hybridized carbons (Fsp3) is 0.923. The van der Waals surface area contributed by atoms with Crippen molar-refractivity contribution >= 4 is 5.91 Å². The summed E-state index contributed by atoms with van der Waals surface area (Å²) in [6, 6.07) is 0.0259. The van der Waals surface area contributed by atoms with Crippen LogP contribution < -0.4 is 0 Å². The van der Waals surface area contributed by atoms with Gasteiger partial charge in [0.25, 0.3) is 5.91 Å². The largest absolute Gasteiger partial charge is 0.394 e. The third-order valence-corrected chi connectivity index (χ3v) is 3.98. The van der Waals surface area contributed by atoms with E-state index in [1.165, 1.54) is 4.90 Å². The van der Waals surface area contributed by atoms with Crippen LogP contribution in [0.2, 0.25) is 0 Å². The molecular weight excluding hydrogens is 266 g/mol. The van der Waals surface area contributed by atoms with Crippen LogP contribution in [0.5, 0.6) is 0 Å². The van der Waals surface area contributed by atoms with Crippen LogP contribution in [0.15, 0.2) is 0 Å². The molecule has 0 saturated heterocycles. The Hall–Kier alpha value is -0.730. The second-order valence-corrected chi connectivity index (χ2v) is 5.42. The van der Waals surface area contributed by atoms with Crippen LogP contribution in [0, 0.1) is 0 Å². The Morgan fingerprint density at radius 2 is 1.65 bits per heavy atom. The highest BCUT2D eigenvalue weighted by Gasteiger charge is 2.37. The zero-order valence-corrected chi connectivity index (χ0v) is 11.7. The Balaban J connectivity index is 2.60. The number of hydrogen-bond acceptors (Lipinski definition) is 6. The molecule has 7 heteroatoms. The maximum Gasteiger partial charge on any atom is 0.254 e. The Morgan fingerprint density at radius 1 is 1.10 bits per heavy atom. The molecule has 7 nitrogen and oxygen atoms in total. The third-order valence-electron chi connectivity index (χ3n) is 3.98. The van der Waals surface area contributed by atoms with E-state index in [4.69, 9.17) is 5.11 Å². The molecule has 1 aliphatic rings. The monoisotopic (exact) mass is 291 g/mol. The van der Waals surface area contributed by atoms with E-state index in [-0.39, 0.29) is 6.04 Å². The summed E-state index contributed by atoms with van der Waals surface area (Å²) in [7, 11) is 1.56. The van der Waals surface area contributed by atoms with Crippen LogP contribution in [0.3, 0.4) is 0 Å². The number of rotatable bonds is 6. The molecule has 0 aromatic carbocycles. The van der Waals surface area contributed by atoms with Crippen molar-refractivity contribution in [2.75, 3.05) is 13.7 Å². The standard InChI is InChI=1S/C13H25NO6/c1-14(8-5-3-2-4-6-8)13(20)12(19)11(18)10(17)9(16)7-15/h8-12,15-19H,2-7H2,1H3/t9-,10-,11+,12-/m1/s1. The van der Waals surface area contributed by atoms with Gasteiger partial charge in [0, 0.05) is 13.1 Å². The minimum atomic E-state index is -1.84. The number of hydrogen-bond donors (Lipinski definition) is 5. The molecule has 20 heavy (non-hydrogen) atoms. The van der Waals surface area contributed by atoms with Gasteiger partial charge in [-0.2, -0.15) is 0 Å². The van der Waals surface area contributed by atoms with Crippen LogP contribution in [0.4, 0.5) is 0 Å². The quantitative estimate of drug-likeness (QED) is 0.394. The molecule has 0 aromatic heterocycles. The Morgan fingerprint density at radius 3 is 2.15 bits per heavy atom. The fourth-order valence-corrected chi connectivity index (χ4v) is 2.53. The maximum atomic E-state index is 12.1. The fourth-order valence-electron chi connectivity index (χ4n) is 2.53. The summed E-state index contributed by atoms with van der Waals surface area (Å²) in [5, 5.41) is 46.9. The first kappa shape index (κ1) is 17.3. The summed E-state index contributed by atoms with van der Waals surface area (Å²) in [6.45, 7) is -0.766. The van der Waals surface area contributed by atoms with Gasteiger partial charge in [0.2, 0.25) is 0 Å². The number of carbonyl (C=O) groups excluding carboxylic acids is 1. The van der Waals surface area contributed by atoms with Gasteiger partial charge in [-0.15, -0.1) is 0 Å². The summed E-state index contributed by atoms with van der Waals surface area (Å²) in [6.07, 6.45) is -2.16. The predicted octanol–water partition coefficient (Wildman–Crippen LogP) is -1.79. The second-order valence-electron chi connectivity index (χ2n) is 5.42. The van der Waals surface area contributed by atoms with Gasteiger partial charge in [0.1, 0.15) is 18.3 Å². The first-order valence-electron chi connectivity index (χ1n) is 7.00. The van der Waals surface area contributed by atoms with Gasteiger partial charge in [0.05, 0.1) is 6.61 Å². The number of nitrogens with zero attached hydrogens (tertiary/aromatic N) is 1. The van der Waals surface area contributed by atoms with Gasteiger partial charge in [-0.1, -0.05) is 19.3 Å². The number of amides is 1. The third kappa shape index (κ3) is 4.13. The van der Waals surface area contributed by atoms with Crippen molar-refractivity contribution in [1.82, 2.24) is 4.90 Å². The molecule has 0 aromatic rings. The zero-order chi connectivity index (χ0) is 15.3. The molecule has 0 spiro atoms. The topological polar surface area (TPSA) is 121 Å². The van der Waals surface area contributed by atoms with Crippen LogP contribution in [-0.2, 0) is 4.79 Å². The summed E-state index contributed by atoms with van der Waals surface area (Å²) < 4.78 is 0. The molecule has 1 rings (SSSR count). The average molecular weight is 291 g/mol. The molecule has 1 aliphatic carbocycles. The van der Waals surface area contributed by atoms with E-state index in [0.29, 0.717) is 0 Å². The van der Waals surface area contributed by atoms with Crippen LogP contribution in [0.25, 0.3) is 0 Å². The molecule has 0 bridgehead atoms. The van der Waals surface area contributed by atoms with Crippen molar-refractivity contribution in [3.05, 3.63) is 0 Å². The zero-order valence-electron chi connectivity index (χ0n) is 11.7. The van der Waals surface area contributed by atoms with E-state index < -0.39 is 36.9 Å². The summed E-state index contributed by atoms with van der Waals surface area (Å²) in [4.78, 5) is 13.5. The highest BCUT2D eigenvalue weighted by atomic mass is 16.4. The molecule has 4 atom stereocenters. The molecule has 5 N–H and O–H groups in total. The lowest BCUT2D eigenvalue weighted by atomic mass is 9.93. The van der Waals surface area contributed by atoms with Crippen LogP contribution in [-0.4, -0.2) is 80.5 Å². The number of likely N-dealkylation sites (N-methyl/N-ethyl adjacent to an activating group) is 1. The van der Waals surface area contributed by atoms with Gasteiger partial charge in [-0.25, -0.2) is 0 Å². The molecular formula is C13H25NO6. The molecule has 118 valence electrons. The van der Waals surface area contributed by atoms with Crippen molar-refractivity contribution in [1.29, 1.82) is 0 Å². The first-order valence-corrected chi connectivity index (χ1v) is 7.00. The Kier molecular flexibility index (Phi) is 6.84. The van der Waals surface area contributed by atoms with Crippen molar-refractivity contribution < 1.29 is 30.3 Å².